The van der Waals surface area contributed by atoms with E-state index in [-0.39, 0.29) is 0 Å². The van der Waals surface area contributed by atoms with Gasteiger partial charge in [-0.05, 0) is 49.3 Å². The van der Waals surface area contributed by atoms with Gasteiger partial charge in [0.2, 0.25) is 5.95 Å². The van der Waals surface area contributed by atoms with Gasteiger partial charge >= 0.3 is 0 Å². The molecule has 3 nitrogen and oxygen atoms in total. The summed E-state index contributed by atoms with van der Waals surface area (Å²) in [4.78, 5) is 4.58. The second-order valence-corrected chi connectivity index (χ2v) is 6.59. The van der Waals surface area contributed by atoms with Crippen molar-refractivity contribution in [3.8, 4) is 0 Å². The topological polar surface area (TPSA) is 43.8 Å². The number of benzene rings is 1. The Labute approximate surface area is 121 Å². The number of nitrogens with two attached hydrogens (primary N) is 1. The van der Waals surface area contributed by atoms with Gasteiger partial charge in [0.25, 0.3) is 0 Å². The first-order chi connectivity index (χ1) is 9.58. The van der Waals surface area contributed by atoms with Crippen LogP contribution in [0.1, 0.15) is 51.1 Å². The molecule has 0 amide bonds. The van der Waals surface area contributed by atoms with Gasteiger partial charge in [-0.1, -0.05) is 32.8 Å². The fourth-order valence-corrected chi connectivity index (χ4v) is 3.81. The van der Waals surface area contributed by atoms with E-state index >= 15 is 0 Å². The van der Waals surface area contributed by atoms with Crippen molar-refractivity contribution in [2.45, 2.75) is 52.5 Å². The Morgan fingerprint density at radius 3 is 2.75 bits per heavy atom. The summed E-state index contributed by atoms with van der Waals surface area (Å²) in [6, 6.07) is 6.99. The maximum Gasteiger partial charge on any atom is 0.201 e. The normalized spacial score (nSPS) is 23.6. The summed E-state index contributed by atoms with van der Waals surface area (Å²) in [5.41, 5.74) is 9.73. The molecule has 0 spiro atoms. The Morgan fingerprint density at radius 1 is 1.25 bits per heavy atom. The highest BCUT2D eigenvalue weighted by Gasteiger charge is 2.31. The summed E-state index contributed by atoms with van der Waals surface area (Å²) >= 11 is 0. The van der Waals surface area contributed by atoms with E-state index in [1.54, 1.807) is 0 Å². The largest absolute Gasteiger partial charge is 0.369 e. The minimum absolute atomic E-state index is 0.511. The summed E-state index contributed by atoms with van der Waals surface area (Å²) < 4.78 is 2.30. The number of hydrogen-bond donors (Lipinski definition) is 1. The van der Waals surface area contributed by atoms with E-state index in [0.29, 0.717) is 23.8 Å². The highest BCUT2D eigenvalue weighted by Crippen LogP contribution is 2.41. The van der Waals surface area contributed by atoms with Gasteiger partial charge in [-0.25, -0.2) is 4.98 Å². The Balaban J connectivity index is 2.10. The summed E-state index contributed by atoms with van der Waals surface area (Å²) in [7, 11) is 0. The minimum Gasteiger partial charge on any atom is -0.369 e. The molecule has 2 atom stereocenters. The van der Waals surface area contributed by atoms with Gasteiger partial charge in [0.05, 0.1) is 11.0 Å². The molecule has 0 saturated heterocycles. The van der Waals surface area contributed by atoms with Crippen LogP contribution >= 0.6 is 0 Å². The Morgan fingerprint density at radius 2 is 2.00 bits per heavy atom. The van der Waals surface area contributed by atoms with Crippen LogP contribution in [-0.4, -0.2) is 9.55 Å². The van der Waals surface area contributed by atoms with Gasteiger partial charge in [-0.3, -0.25) is 0 Å². The molecule has 0 bridgehead atoms. The van der Waals surface area contributed by atoms with Crippen LogP contribution < -0.4 is 5.73 Å². The number of anilines is 1. The maximum absolute atomic E-state index is 6.25. The van der Waals surface area contributed by atoms with E-state index in [1.165, 1.54) is 36.8 Å². The van der Waals surface area contributed by atoms with Crippen molar-refractivity contribution < 1.29 is 0 Å². The average molecular weight is 271 g/mol. The molecule has 3 heteroatoms. The molecule has 1 saturated carbocycles. The van der Waals surface area contributed by atoms with Gasteiger partial charge in [-0.2, -0.15) is 0 Å². The van der Waals surface area contributed by atoms with Crippen molar-refractivity contribution in [3.05, 3.63) is 23.8 Å². The lowest BCUT2D eigenvalue weighted by molar-refractivity contribution is 0.189. The first-order valence-corrected chi connectivity index (χ1v) is 7.82. The van der Waals surface area contributed by atoms with Crippen LogP contribution in [0.2, 0.25) is 0 Å². The molecule has 1 aliphatic carbocycles. The molecule has 1 aliphatic rings. The molecular weight excluding hydrogens is 246 g/mol. The molecule has 20 heavy (non-hydrogen) atoms. The predicted octanol–water partition coefficient (Wildman–Crippen LogP) is 4.31. The molecule has 1 fully saturated rings. The lowest BCUT2D eigenvalue weighted by Gasteiger charge is -2.36. The van der Waals surface area contributed by atoms with Crippen LogP contribution in [0.3, 0.4) is 0 Å². The first-order valence-electron chi connectivity index (χ1n) is 7.82. The van der Waals surface area contributed by atoms with Gasteiger partial charge in [-0.15, -0.1) is 0 Å². The number of nitrogen functional groups attached to an aromatic ring is 1. The number of aryl methyl sites for hydroxylation is 1. The first kappa shape index (κ1) is 13.5. The second kappa shape index (κ2) is 5.12. The number of rotatable bonds is 2. The molecule has 0 radical (unpaired) electrons. The average Bonchev–Trinajstić information content (AvgIpc) is 2.73. The van der Waals surface area contributed by atoms with Gasteiger partial charge in [0.15, 0.2) is 0 Å². The molecule has 3 rings (SSSR count). The molecule has 2 unspecified atom stereocenters. The summed E-state index contributed by atoms with van der Waals surface area (Å²) in [5, 5.41) is 0. The van der Waals surface area contributed by atoms with E-state index in [2.05, 4.69) is 48.5 Å². The van der Waals surface area contributed by atoms with Gasteiger partial charge in [0.1, 0.15) is 0 Å². The van der Waals surface area contributed by atoms with E-state index < -0.39 is 0 Å². The smallest absolute Gasteiger partial charge is 0.201 e. The maximum atomic E-state index is 6.25. The van der Waals surface area contributed by atoms with Crippen molar-refractivity contribution in [1.82, 2.24) is 9.55 Å². The fraction of sp³-hybridized carbons (Fsp3) is 0.588. The third kappa shape index (κ3) is 2.19. The third-order valence-corrected chi connectivity index (χ3v) is 4.84. The van der Waals surface area contributed by atoms with Crippen LogP contribution in [0.15, 0.2) is 18.2 Å². The van der Waals surface area contributed by atoms with Crippen LogP contribution in [0.5, 0.6) is 0 Å². The number of hydrogen-bond acceptors (Lipinski definition) is 2. The monoisotopic (exact) mass is 271 g/mol. The van der Waals surface area contributed by atoms with Crippen molar-refractivity contribution in [1.29, 1.82) is 0 Å². The summed E-state index contributed by atoms with van der Waals surface area (Å²) in [6.45, 7) is 6.77. The van der Waals surface area contributed by atoms with E-state index in [9.17, 15) is 0 Å². The molecule has 1 aromatic carbocycles. The molecule has 1 aromatic heterocycles. The highest BCUT2D eigenvalue weighted by atomic mass is 15.2. The molecular formula is C17H25N3. The van der Waals surface area contributed by atoms with Gasteiger partial charge < -0.3 is 10.3 Å². The SMILES string of the molecule is Cc1ccc2c(c1)nc(N)n2C1CCCCC1C(C)C. The molecule has 108 valence electrons. The highest BCUT2D eigenvalue weighted by molar-refractivity contribution is 5.79. The van der Waals surface area contributed by atoms with Crippen molar-refractivity contribution in [3.63, 3.8) is 0 Å². The van der Waals surface area contributed by atoms with Crippen LogP contribution in [-0.2, 0) is 0 Å². The number of nitrogens with zero attached hydrogens (tertiary/aromatic N) is 2. The molecule has 2 N–H and O–H groups in total. The quantitative estimate of drug-likeness (QED) is 0.884. The number of fused-ring (bicyclic) bond motifs is 1. The van der Waals surface area contributed by atoms with Crippen molar-refractivity contribution >= 4 is 17.0 Å². The third-order valence-electron chi connectivity index (χ3n) is 4.84. The molecule has 0 aliphatic heterocycles. The predicted molar refractivity (Wildman–Crippen MR) is 84.7 cm³/mol. The summed E-state index contributed by atoms with van der Waals surface area (Å²) in [6.07, 6.45) is 5.20. The van der Waals surface area contributed by atoms with E-state index in [1.807, 2.05) is 0 Å². The van der Waals surface area contributed by atoms with E-state index in [4.69, 9.17) is 5.73 Å². The minimum atomic E-state index is 0.511. The Bertz CT molecular complexity index is 612. The van der Waals surface area contributed by atoms with E-state index in [0.717, 1.165) is 5.52 Å². The molecule has 1 heterocycles. The second-order valence-electron chi connectivity index (χ2n) is 6.59. The zero-order chi connectivity index (χ0) is 14.3. The Kier molecular flexibility index (Phi) is 3.45. The zero-order valence-corrected chi connectivity index (χ0v) is 12.8. The number of aromatic nitrogens is 2. The standard InChI is InChI=1S/C17H25N3/c1-11(2)13-6-4-5-7-15(13)20-16-9-8-12(3)10-14(16)19-17(20)18/h8-11,13,15H,4-7H2,1-3H3,(H2,18,19). The van der Waals surface area contributed by atoms with Crippen LogP contribution in [0.25, 0.3) is 11.0 Å². The lowest BCUT2D eigenvalue weighted by Crippen LogP contribution is -2.27. The zero-order valence-electron chi connectivity index (χ0n) is 12.8. The summed E-state index contributed by atoms with van der Waals surface area (Å²) in [5.74, 6) is 2.09. The van der Waals surface area contributed by atoms with Crippen LogP contribution in [0, 0.1) is 18.8 Å². The lowest BCUT2D eigenvalue weighted by atomic mass is 9.77. The van der Waals surface area contributed by atoms with Crippen molar-refractivity contribution in [2.24, 2.45) is 11.8 Å². The van der Waals surface area contributed by atoms with Gasteiger partial charge in [0, 0.05) is 6.04 Å². The molecule has 2 aromatic rings. The van der Waals surface area contributed by atoms with Crippen molar-refractivity contribution in [2.75, 3.05) is 5.73 Å². The number of imidazole rings is 1. The fourth-order valence-electron chi connectivity index (χ4n) is 3.81. The Hall–Kier alpha value is -1.51. The van der Waals surface area contributed by atoms with Crippen LogP contribution in [0.4, 0.5) is 5.95 Å².